The summed E-state index contributed by atoms with van der Waals surface area (Å²) in [5.74, 6) is -1.40. The molecule has 0 atom stereocenters. The Morgan fingerprint density at radius 2 is 1.86 bits per heavy atom. The Kier molecular flexibility index (Phi) is 5.26. The van der Waals surface area contributed by atoms with Crippen LogP contribution in [0.15, 0.2) is 30.3 Å². The lowest BCUT2D eigenvalue weighted by Gasteiger charge is -2.05. The zero-order valence-corrected chi connectivity index (χ0v) is 15.9. The molecular weight excluding hydrogens is 409 g/mol. The lowest BCUT2D eigenvalue weighted by molar-refractivity contribution is -0.385. The number of ether oxygens (including phenoxy) is 1. The van der Waals surface area contributed by atoms with Gasteiger partial charge in [0.15, 0.2) is 0 Å². The number of nitrogen functional groups attached to an aromatic ring is 1. The maximum atomic E-state index is 13.0. The number of rotatable bonds is 5. The van der Waals surface area contributed by atoms with Crippen LogP contribution in [0, 0.1) is 10.1 Å². The van der Waals surface area contributed by atoms with E-state index in [0.29, 0.717) is 5.52 Å². The molecule has 2 aromatic carbocycles. The minimum absolute atomic E-state index is 0.0472. The summed E-state index contributed by atoms with van der Waals surface area (Å²) in [6, 6.07) is 6.49. The van der Waals surface area contributed by atoms with Crippen LogP contribution < -0.4 is 5.73 Å². The van der Waals surface area contributed by atoms with Crippen LogP contribution in [0.5, 0.6) is 0 Å². The highest BCUT2D eigenvalue weighted by atomic mass is 35.5. The third-order valence-electron chi connectivity index (χ3n) is 4.02. The number of nitro groups is 1. The molecule has 0 saturated carbocycles. The molecule has 144 valence electrons. The fourth-order valence-corrected chi connectivity index (χ4v) is 3.25. The predicted molar refractivity (Wildman–Crippen MR) is 105 cm³/mol. The lowest BCUT2D eigenvalue weighted by Crippen LogP contribution is -2.09. The first-order valence-corrected chi connectivity index (χ1v) is 8.76. The summed E-state index contributed by atoms with van der Waals surface area (Å²) in [5, 5.41) is 11.9. The first kappa shape index (κ1) is 19.7. The number of H-pyrrole nitrogens is 1. The first-order valence-electron chi connectivity index (χ1n) is 8.01. The van der Waals surface area contributed by atoms with E-state index in [-0.39, 0.29) is 44.5 Å². The third-order valence-corrected chi connectivity index (χ3v) is 4.48. The number of nitro benzene ring substituents is 1. The fraction of sp³-hybridized carbons (Fsp3) is 0.111. The van der Waals surface area contributed by atoms with Crippen molar-refractivity contribution < 1.29 is 19.2 Å². The van der Waals surface area contributed by atoms with E-state index in [2.05, 4.69) is 4.98 Å². The van der Waals surface area contributed by atoms with Crippen molar-refractivity contribution in [1.82, 2.24) is 4.98 Å². The SMILES string of the molecule is CCOC(=O)c1cc(Cl)cc2[nH]c(C(=O)c3cc(Cl)ccc3[N+](=O)[O-])c(N)c12. The van der Waals surface area contributed by atoms with E-state index in [1.807, 2.05) is 0 Å². The van der Waals surface area contributed by atoms with Gasteiger partial charge in [-0.3, -0.25) is 14.9 Å². The van der Waals surface area contributed by atoms with Crippen LogP contribution in [0.2, 0.25) is 10.0 Å². The summed E-state index contributed by atoms with van der Waals surface area (Å²) in [7, 11) is 0. The number of nitrogens with zero attached hydrogens (tertiary/aromatic N) is 1. The highest BCUT2D eigenvalue weighted by molar-refractivity contribution is 6.33. The third kappa shape index (κ3) is 3.39. The van der Waals surface area contributed by atoms with Gasteiger partial charge in [-0.15, -0.1) is 0 Å². The quantitative estimate of drug-likeness (QED) is 0.272. The number of esters is 1. The molecule has 1 heterocycles. The van der Waals surface area contributed by atoms with E-state index in [1.165, 1.54) is 24.3 Å². The fourth-order valence-electron chi connectivity index (χ4n) is 2.86. The Morgan fingerprint density at radius 3 is 2.50 bits per heavy atom. The summed E-state index contributed by atoms with van der Waals surface area (Å²) < 4.78 is 5.01. The Balaban J connectivity index is 2.23. The van der Waals surface area contributed by atoms with Crippen LogP contribution in [-0.4, -0.2) is 28.3 Å². The van der Waals surface area contributed by atoms with Gasteiger partial charge in [0.25, 0.3) is 5.69 Å². The van der Waals surface area contributed by atoms with Crippen molar-refractivity contribution in [2.75, 3.05) is 12.3 Å². The molecule has 10 heteroatoms. The normalized spacial score (nSPS) is 10.8. The number of fused-ring (bicyclic) bond motifs is 1. The smallest absolute Gasteiger partial charge is 0.338 e. The van der Waals surface area contributed by atoms with E-state index in [0.717, 1.165) is 6.07 Å². The van der Waals surface area contributed by atoms with Crippen molar-refractivity contribution in [1.29, 1.82) is 0 Å². The Morgan fingerprint density at radius 1 is 1.18 bits per heavy atom. The Hall–Kier alpha value is -3.10. The van der Waals surface area contributed by atoms with Crippen molar-refractivity contribution in [2.24, 2.45) is 0 Å². The minimum Gasteiger partial charge on any atom is -0.462 e. The van der Waals surface area contributed by atoms with Crippen LogP contribution in [0.3, 0.4) is 0 Å². The van der Waals surface area contributed by atoms with Crippen LogP contribution >= 0.6 is 23.2 Å². The molecule has 3 rings (SSSR count). The van der Waals surface area contributed by atoms with Crippen LogP contribution in [-0.2, 0) is 4.74 Å². The van der Waals surface area contributed by atoms with Gasteiger partial charge < -0.3 is 15.5 Å². The molecule has 28 heavy (non-hydrogen) atoms. The number of nitrogens with two attached hydrogens (primary N) is 1. The molecule has 0 unspecified atom stereocenters. The summed E-state index contributed by atoms with van der Waals surface area (Å²) in [5.41, 5.74) is 5.70. The van der Waals surface area contributed by atoms with Gasteiger partial charge in [-0.25, -0.2) is 4.79 Å². The summed E-state index contributed by atoms with van der Waals surface area (Å²) in [4.78, 5) is 38.6. The number of anilines is 1. The topological polar surface area (TPSA) is 128 Å². The molecular formula is C18H13Cl2N3O5. The minimum atomic E-state index is -0.742. The number of benzene rings is 2. The molecule has 0 aliphatic rings. The molecule has 0 saturated heterocycles. The van der Waals surface area contributed by atoms with Gasteiger partial charge in [0.1, 0.15) is 11.3 Å². The average molecular weight is 422 g/mol. The standard InChI is InChI=1S/C18H13Cl2N3O5/c1-2-28-18(25)11-6-9(20)7-12-14(11)15(21)16(22-12)17(24)10-5-8(19)3-4-13(10)23(26)27/h3-7,22H,2,21H2,1H3. The largest absolute Gasteiger partial charge is 0.462 e. The Labute approximate surface area is 168 Å². The first-order chi connectivity index (χ1) is 13.2. The van der Waals surface area contributed by atoms with Gasteiger partial charge in [0.05, 0.1) is 28.3 Å². The number of carbonyl (C=O) groups is 2. The molecule has 0 radical (unpaired) electrons. The molecule has 0 amide bonds. The van der Waals surface area contributed by atoms with Crippen molar-refractivity contribution >= 4 is 57.2 Å². The number of aromatic amines is 1. The Bertz CT molecular complexity index is 1140. The molecule has 0 bridgehead atoms. The molecule has 3 aromatic rings. The monoisotopic (exact) mass is 421 g/mol. The molecule has 3 N–H and O–H groups in total. The maximum absolute atomic E-state index is 13.0. The molecule has 8 nitrogen and oxygen atoms in total. The predicted octanol–water partition coefficient (Wildman–Crippen LogP) is 4.37. The lowest BCUT2D eigenvalue weighted by atomic mass is 10.0. The summed E-state index contributed by atoms with van der Waals surface area (Å²) in [6.07, 6.45) is 0. The molecule has 1 aromatic heterocycles. The van der Waals surface area contributed by atoms with Crippen molar-refractivity contribution in [3.63, 3.8) is 0 Å². The second-order valence-corrected chi connectivity index (χ2v) is 6.63. The van der Waals surface area contributed by atoms with Gasteiger partial charge in [0.2, 0.25) is 5.78 Å². The average Bonchev–Trinajstić information content (AvgIpc) is 2.96. The van der Waals surface area contributed by atoms with E-state index < -0.39 is 22.4 Å². The van der Waals surface area contributed by atoms with Gasteiger partial charge in [0, 0.05) is 21.5 Å². The second-order valence-electron chi connectivity index (χ2n) is 5.76. The number of hydrogen-bond acceptors (Lipinski definition) is 6. The van der Waals surface area contributed by atoms with Crippen molar-refractivity contribution in [3.8, 4) is 0 Å². The van der Waals surface area contributed by atoms with Gasteiger partial charge in [-0.1, -0.05) is 23.2 Å². The number of halogens is 2. The highest BCUT2D eigenvalue weighted by Gasteiger charge is 2.27. The number of hydrogen-bond donors (Lipinski definition) is 2. The molecule has 0 spiro atoms. The van der Waals surface area contributed by atoms with Gasteiger partial charge in [-0.2, -0.15) is 0 Å². The van der Waals surface area contributed by atoms with Gasteiger partial charge >= 0.3 is 5.97 Å². The van der Waals surface area contributed by atoms with Crippen LogP contribution in [0.1, 0.15) is 33.3 Å². The number of ketones is 1. The van der Waals surface area contributed by atoms with E-state index in [9.17, 15) is 19.7 Å². The highest BCUT2D eigenvalue weighted by Crippen LogP contribution is 2.34. The van der Waals surface area contributed by atoms with E-state index in [1.54, 1.807) is 6.92 Å². The van der Waals surface area contributed by atoms with E-state index in [4.69, 9.17) is 33.7 Å². The van der Waals surface area contributed by atoms with Gasteiger partial charge in [-0.05, 0) is 31.2 Å². The van der Waals surface area contributed by atoms with Crippen molar-refractivity contribution in [3.05, 3.63) is 67.3 Å². The number of nitrogens with one attached hydrogen (secondary N) is 1. The zero-order valence-electron chi connectivity index (χ0n) is 14.4. The van der Waals surface area contributed by atoms with Crippen molar-refractivity contribution in [2.45, 2.75) is 6.92 Å². The molecule has 0 fully saturated rings. The molecule has 0 aliphatic carbocycles. The van der Waals surface area contributed by atoms with E-state index >= 15 is 0 Å². The zero-order chi connectivity index (χ0) is 20.6. The number of carbonyl (C=O) groups excluding carboxylic acids is 2. The molecule has 0 aliphatic heterocycles. The van der Waals surface area contributed by atoms with Crippen LogP contribution in [0.25, 0.3) is 10.9 Å². The summed E-state index contributed by atoms with van der Waals surface area (Å²) in [6.45, 7) is 1.78. The number of aromatic nitrogens is 1. The second kappa shape index (κ2) is 7.49. The van der Waals surface area contributed by atoms with Crippen LogP contribution in [0.4, 0.5) is 11.4 Å². The maximum Gasteiger partial charge on any atom is 0.338 e. The summed E-state index contributed by atoms with van der Waals surface area (Å²) >= 11 is 12.0.